The van der Waals surface area contributed by atoms with Crippen LogP contribution in [0.1, 0.15) is 52.7 Å². The Kier molecular flexibility index (Phi) is 3.49. The fourth-order valence-electron chi connectivity index (χ4n) is 3.42. The molecular weight excluding hydrogens is 290 g/mol. The van der Waals surface area contributed by atoms with Crippen LogP contribution in [0.2, 0.25) is 0 Å². The molecule has 0 aromatic carbocycles. The Bertz CT molecular complexity index is 802. The van der Waals surface area contributed by atoms with E-state index >= 15 is 0 Å². The number of rotatable bonds is 3. The smallest absolute Gasteiger partial charge is 0.330 e. The first kappa shape index (κ1) is 16.2. The van der Waals surface area contributed by atoms with Crippen molar-refractivity contribution in [1.29, 1.82) is 0 Å². The molecule has 0 bridgehead atoms. The Hall–Kier alpha value is -1.62. The van der Waals surface area contributed by atoms with Gasteiger partial charge in [-0.05, 0) is 43.7 Å². The zero-order valence-corrected chi connectivity index (χ0v) is 14.9. The minimum absolute atomic E-state index is 0.0191. The number of imidazole rings is 1. The molecule has 2 atom stereocenters. The first-order valence-electron chi connectivity index (χ1n) is 8.27. The third kappa shape index (κ3) is 2.94. The lowest BCUT2D eigenvalue weighted by molar-refractivity contribution is 0.0545. The van der Waals surface area contributed by atoms with Crippen molar-refractivity contribution in [3.63, 3.8) is 0 Å². The van der Waals surface area contributed by atoms with Crippen LogP contribution in [0.5, 0.6) is 0 Å². The van der Waals surface area contributed by atoms with Gasteiger partial charge in [0.2, 0.25) is 0 Å². The monoisotopic (exact) mass is 317 g/mol. The normalized spacial score (nSPS) is 21.9. The molecule has 1 aliphatic rings. The van der Waals surface area contributed by atoms with Gasteiger partial charge in [-0.2, -0.15) is 0 Å². The second-order valence-corrected chi connectivity index (χ2v) is 8.67. The number of hydrogen-bond acceptors (Lipinski definition) is 3. The van der Waals surface area contributed by atoms with Crippen molar-refractivity contribution in [2.75, 3.05) is 0 Å². The van der Waals surface area contributed by atoms with E-state index < -0.39 is 5.60 Å². The Morgan fingerprint density at radius 1 is 1.26 bits per heavy atom. The zero-order chi connectivity index (χ0) is 17.2. The number of aliphatic hydroxyl groups is 1. The van der Waals surface area contributed by atoms with Crippen LogP contribution in [-0.4, -0.2) is 24.8 Å². The van der Waals surface area contributed by atoms with Crippen LogP contribution in [0.4, 0.5) is 0 Å². The Balaban J connectivity index is 2.02. The van der Waals surface area contributed by atoms with Crippen LogP contribution in [0.3, 0.4) is 0 Å². The summed E-state index contributed by atoms with van der Waals surface area (Å²) in [5.41, 5.74) is 1.93. The predicted octanol–water partition coefficient (Wildman–Crippen LogP) is 2.66. The predicted molar refractivity (Wildman–Crippen MR) is 91.6 cm³/mol. The fraction of sp³-hybridized carbons (Fsp3) is 0.667. The molecule has 1 saturated carbocycles. The Morgan fingerprint density at radius 3 is 2.43 bits per heavy atom. The van der Waals surface area contributed by atoms with Crippen LogP contribution in [0.25, 0.3) is 11.2 Å². The second-order valence-electron chi connectivity index (χ2n) is 8.67. The minimum Gasteiger partial charge on any atom is -0.390 e. The summed E-state index contributed by atoms with van der Waals surface area (Å²) < 4.78 is 3.44. The van der Waals surface area contributed by atoms with Gasteiger partial charge in [-0.3, -0.25) is 9.13 Å². The van der Waals surface area contributed by atoms with Crippen molar-refractivity contribution in [2.45, 2.75) is 59.1 Å². The highest BCUT2D eigenvalue weighted by molar-refractivity contribution is 5.72. The van der Waals surface area contributed by atoms with Gasteiger partial charge in [-0.25, -0.2) is 9.78 Å². The van der Waals surface area contributed by atoms with Crippen molar-refractivity contribution < 1.29 is 5.11 Å². The van der Waals surface area contributed by atoms with Crippen molar-refractivity contribution in [1.82, 2.24) is 14.1 Å². The lowest BCUT2D eigenvalue weighted by Crippen LogP contribution is -2.27. The van der Waals surface area contributed by atoms with E-state index in [-0.39, 0.29) is 17.0 Å². The first-order valence-corrected chi connectivity index (χ1v) is 8.27. The molecule has 2 unspecified atom stereocenters. The maximum Gasteiger partial charge on any atom is 0.330 e. The van der Waals surface area contributed by atoms with Gasteiger partial charge >= 0.3 is 5.69 Å². The van der Waals surface area contributed by atoms with Gasteiger partial charge in [-0.15, -0.1) is 0 Å². The van der Waals surface area contributed by atoms with E-state index in [0.717, 1.165) is 23.3 Å². The lowest BCUT2D eigenvalue weighted by atomic mass is 9.97. The molecule has 1 fully saturated rings. The SMILES string of the molecule is Cn1c(=O)n(CC(C)(C)C)c2ccc(C3CC3C(C)(C)O)nc21. The molecule has 126 valence electrons. The molecule has 1 N–H and O–H groups in total. The summed E-state index contributed by atoms with van der Waals surface area (Å²) in [6.07, 6.45) is 0.957. The average Bonchev–Trinajstić information content (AvgIpc) is 3.18. The molecule has 0 radical (unpaired) electrons. The van der Waals surface area contributed by atoms with Crippen molar-refractivity contribution in [3.05, 3.63) is 28.3 Å². The summed E-state index contributed by atoms with van der Waals surface area (Å²) in [5.74, 6) is 0.543. The molecule has 3 rings (SSSR count). The molecule has 0 spiro atoms. The third-order valence-electron chi connectivity index (χ3n) is 4.71. The van der Waals surface area contributed by atoms with Crippen LogP contribution in [0, 0.1) is 11.3 Å². The first-order chi connectivity index (χ1) is 10.5. The number of aryl methyl sites for hydroxylation is 1. The summed E-state index contributed by atoms with van der Waals surface area (Å²) >= 11 is 0. The third-order valence-corrected chi connectivity index (χ3v) is 4.71. The van der Waals surface area contributed by atoms with Crippen molar-refractivity contribution in [3.8, 4) is 0 Å². The maximum absolute atomic E-state index is 12.5. The zero-order valence-electron chi connectivity index (χ0n) is 14.9. The van der Waals surface area contributed by atoms with E-state index in [1.165, 1.54) is 0 Å². The highest BCUT2D eigenvalue weighted by Gasteiger charge is 2.48. The summed E-state index contributed by atoms with van der Waals surface area (Å²) in [6.45, 7) is 10.7. The molecule has 1 aliphatic carbocycles. The average molecular weight is 317 g/mol. The molecule has 0 saturated heterocycles. The van der Waals surface area contributed by atoms with Crippen molar-refractivity contribution in [2.24, 2.45) is 18.4 Å². The van der Waals surface area contributed by atoms with E-state index in [0.29, 0.717) is 12.5 Å². The summed E-state index contributed by atoms with van der Waals surface area (Å²) in [5, 5.41) is 10.1. The topological polar surface area (TPSA) is 60.0 Å². The van der Waals surface area contributed by atoms with E-state index in [1.807, 2.05) is 30.5 Å². The minimum atomic E-state index is -0.675. The molecule has 0 amide bonds. The van der Waals surface area contributed by atoms with Gasteiger partial charge in [0, 0.05) is 25.2 Å². The molecule has 23 heavy (non-hydrogen) atoms. The van der Waals surface area contributed by atoms with E-state index in [4.69, 9.17) is 4.98 Å². The van der Waals surface area contributed by atoms with Gasteiger partial charge in [0.1, 0.15) is 0 Å². The number of fused-ring (bicyclic) bond motifs is 1. The van der Waals surface area contributed by atoms with Gasteiger partial charge in [0.25, 0.3) is 0 Å². The van der Waals surface area contributed by atoms with Gasteiger partial charge < -0.3 is 5.11 Å². The lowest BCUT2D eigenvalue weighted by Gasteiger charge is -2.18. The molecule has 2 aromatic rings. The number of aromatic nitrogens is 3. The van der Waals surface area contributed by atoms with Crippen LogP contribution >= 0.6 is 0 Å². The summed E-state index contributed by atoms with van der Waals surface area (Å²) in [7, 11) is 1.78. The number of hydrogen-bond donors (Lipinski definition) is 1. The number of nitrogens with zero attached hydrogens (tertiary/aromatic N) is 3. The van der Waals surface area contributed by atoms with E-state index in [2.05, 4.69) is 20.8 Å². The Morgan fingerprint density at radius 2 is 1.91 bits per heavy atom. The molecule has 2 heterocycles. The molecule has 5 nitrogen and oxygen atoms in total. The maximum atomic E-state index is 12.5. The molecule has 2 aromatic heterocycles. The highest BCUT2D eigenvalue weighted by Crippen LogP contribution is 2.52. The van der Waals surface area contributed by atoms with E-state index in [9.17, 15) is 9.90 Å². The van der Waals surface area contributed by atoms with Gasteiger partial charge in [-0.1, -0.05) is 20.8 Å². The quantitative estimate of drug-likeness (QED) is 0.947. The van der Waals surface area contributed by atoms with Crippen LogP contribution in [0.15, 0.2) is 16.9 Å². The standard InChI is InChI=1S/C18H27N3O2/c1-17(2,3)10-21-14-8-7-13(11-9-12(11)18(4,5)23)19-15(14)20(6)16(21)22/h7-8,11-12,23H,9-10H2,1-6H3. The summed E-state index contributed by atoms with van der Waals surface area (Å²) in [6, 6.07) is 4.02. The van der Waals surface area contributed by atoms with E-state index in [1.54, 1.807) is 11.6 Å². The van der Waals surface area contributed by atoms with Crippen LogP contribution < -0.4 is 5.69 Å². The highest BCUT2D eigenvalue weighted by atomic mass is 16.3. The fourth-order valence-corrected chi connectivity index (χ4v) is 3.42. The molecule has 5 heteroatoms. The van der Waals surface area contributed by atoms with Gasteiger partial charge in [0.15, 0.2) is 5.65 Å². The summed E-state index contributed by atoms with van der Waals surface area (Å²) in [4.78, 5) is 17.3. The Labute approximate surface area is 137 Å². The second kappa shape index (κ2) is 4.94. The number of pyridine rings is 1. The van der Waals surface area contributed by atoms with Crippen molar-refractivity contribution >= 4 is 11.2 Å². The molecule has 0 aliphatic heterocycles. The largest absolute Gasteiger partial charge is 0.390 e. The van der Waals surface area contributed by atoms with Crippen LogP contribution in [-0.2, 0) is 13.6 Å². The van der Waals surface area contributed by atoms with Gasteiger partial charge in [0.05, 0.1) is 11.1 Å². The molecular formula is C18H27N3O2.